The Labute approximate surface area is 194 Å². The molecule has 0 bridgehead atoms. The van der Waals surface area contributed by atoms with Crippen LogP contribution in [0.5, 0.6) is 0 Å². The second-order valence-electron chi connectivity index (χ2n) is 7.01. The Kier molecular flexibility index (Phi) is 5.39. The maximum absolute atomic E-state index is 13.6. The Balaban J connectivity index is 2.12. The fourth-order valence-electron chi connectivity index (χ4n) is 3.61. The second-order valence-corrected chi connectivity index (χ2v) is 7.92. The van der Waals surface area contributed by atoms with Crippen LogP contribution in [0.25, 0.3) is 11.1 Å². The van der Waals surface area contributed by atoms with Crippen LogP contribution in [-0.4, -0.2) is 20.5 Å². The van der Waals surface area contributed by atoms with Crippen LogP contribution in [0.3, 0.4) is 0 Å². The van der Waals surface area contributed by atoms with Gasteiger partial charge >= 0.3 is 6.18 Å². The first kappa shape index (κ1) is 23.0. The van der Waals surface area contributed by atoms with Gasteiger partial charge in [-0.1, -0.05) is 15.9 Å². The zero-order chi connectivity index (χ0) is 24.9. The molecule has 3 aromatic carbocycles. The van der Waals surface area contributed by atoms with Gasteiger partial charge in [-0.15, -0.1) is 0 Å². The predicted molar refractivity (Wildman–Crippen MR) is 116 cm³/mol. The molecule has 10 nitrogen and oxygen atoms in total. The lowest BCUT2D eigenvalue weighted by atomic mass is 10.0. The van der Waals surface area contributed by atoms with Gasteiger partial charge in [0.2, 0.25) is 0 Å². The van der Waals surface area contributed by atoms with Crippen molar-refractivity contribution in [3.63, 3.8) is 0 Å². The highest BCUT2D eigenvalue weighted by atomic mass is 79.9. The van der Waals surface area contributed by atoms with Gasteiger partial charge in [0.1, 0.15) is 0 Å². The summed E-state index contributed by atoms with van der Waals surface area (Å²) >= 11 is 2.96. The SMILES string of the molecule is O=[N+]([O-])c1ccc2c(c1)C(=Nc1ccc(Br)cc1C(F)(F)F)c1cc([N+](=O)[O-])cc([N+](=O)[O-])c1-2. The summed E-state index contributed by atoms with van der Waals surface area (Å²) in [5, 5.41) is 34.4. The van der Waals surface area contributed by atoms with E-state index in [0.29, 0.717) is 6.07 Å². The molecule has 0 radical (unpaired) electrons. The molecule has 0 atom stereocenters. The van der Waals surface area contributed by atoms with Crippen molar-refractivity contribution in [2.24, 2.45) is 4.99 Å². The molecule has 0 saturated heterocycles. The van der Waals surface area contributed by atoms with Gasteiger partial charge in [0, 0.05) is 33.8 Å². The topological polar surface area (TPSA) is 142 Å². The largest absolute Gasteiger partial charge is 0.418 e. The molecule has 0 saturated carbocycles. The maximum atomic E-state index is 13.6. The fraction of sp³-hybridized carbons (Fsp3) is 0.0500. The van der Waals surface area contributed by atoms with Crippen LogP contribution in [0.15, 0.2) is 58.0 Å². The summed E-state index contributed by atoms with van der Waals surface area (Å²) in [6, 6.07) is 8.04. The van der Waals surface area contributed by atoms with Crippen LogP contribution in [0, 0.1) is 30.3 Å². The van der Waals surface area contributed by atoms with Crippen molar-refractivity contribution in [1.82, 2.24) is 0 Å². The molecule has 0 fully saturated rings. The Morgan fingerprint density at radius 1 is 0.765 bits per heavy atom. The molecule has 0 heterocycles. The van der Waals surface area contributed by atoms with Gasteiger partial charge < -0.3 is 0 Å². The number of nitrogens with zero attached hydrogens (tertiary/aromatic N) is 4. The number of hydrogen-bond acceptors (Lipinski definition) is 7. The number of halogens is 4. The molecule has 0 spiro atoms. The zero-order valence-electron chi connectivity index (χ0n) is 16.4. The van der Waals surface area contributed by atoms with Gasteiger partial charge in [0.25, 0.3) is 17.1 Å². The van der Waals surface area contributed by atoms with E-state index in [4.69, 9.17) is 0 Å². The van der Waals surface area contributed by atoms with Crippen molar-refractivity contribution in [3.8, 4) is 11.1 Å². The normalized spacial score (nSPS) is 13.5. The van der Waals surface area contributed by atoms with Crippen LogP contribution in [0.4, 0.5) is 35.9 Å². The first-order chi connectivity index (χ1) is 15.9. The number of hydrogen-bond donors (Lipinski definition) is 0. The highest BCUT2D eigenvalue weighted by Gasteiger charge is 2.38. The summed E-state index contributed by atoms with van der Waals surface area (Å²) in [6.07, 6.45) is -4.83. The van der Waals surface area contributed by atoms with Crippen molar-refractivity contribution in [1.29, 1.82) is 0 Å². The van der Waals surface area contributed by atoms with Crippen LogP contribution >= 0.6 is 15.9 Å². The van der Waals surface area contributed by atoms with E-state index >= 15 is 0 Å². The van der Waals surface area contributed by atoms with E-state index in [2.05, 4.69) is 20.9 Å². The second kappa shape index (κ2) is 7.98. The minimum atomic E-state index is -4.83. The molecule has 14 heteroatoms. The molecule has 1 aliphatic carbocycles. The third kappa shape index (κ3) is 3.87. The van der Waals surface area contributed by atoms with E-state index in [-0.39, 0.29) is 32.4 Å². The average molecular weight is 537 g/mol. The minimum absolute atomic E-state index is 0.0659. The standard InChI is InChI=1S/C20H8BrF3N4O6/c21-9-1-4-16(15(5-9)20(22,23)24)25-19-13-6-10(26(29)30)2-3-12(13)18-14(19)7-11(27(31)32)8-17(18)28(33)34/h1-8H. The van der Waals surface area contributed by atoms with Gasteiger partial charge in [-0.25, -0.2) is 4.99 Å². The van der Waals surface area contributed by atoms with Crippen LogP contribution in [0.1, 0.15) is 16.7 Å². The quantitative estimate of drug-likeness (QED) is 0.220. The van der Waals surface area contributed by atoms with Crippen LogP contribution in [0.2, 0.25) is 0 Å². The number of fused-ring (bicyclic) bond motifs is 3. The molecule has 0 amide bonds. The summed E-state index contributed by atoms with van der Waals surface area (Å²) in [4.78, 5) is 35.9. The number of rotatable bonds is 4. The van der Waals surface area contributed by atoms with E-state index in [1.807, 2.05) is 0 Å². The Morgan fingerprint density at radius 2 is 1.41 bits per heavy atom. The molecule has 34 heavy (non-hydrogen) atoms. The third-order valence-electron chi connectivity index (χ3n) is 5.00. The van der Waals surface area contributed by atoms with Crippen molar-refractivity contribution < 1.29 is 27.9 Å². The number of aliphatic imine (C=N–C) groups is 1. The van der Waals surface area contributed by atoms with E-state index < -0.39 is 49.3 Å². The first-order valence-corrected chi connectivity index (χ1v) is 9.89. The van der Waals surface area contributed by atoms with Gasteiger partial charge in [0.05, 0.1) is 43.4 Å². The average Bonchev–Trinajstić information content (AvgIpc) is 3.06. The van der Waals surface area contributed by atoms with Crippen molar-refractivity contribution >= 4 is 44.4 Å². The molecule has 0 aliphatic heterocycles. The van der Waals surface area contributed by atoms with Gasteiger partial charge in [-0.3, -0.25) is 30.3 Å². The summed E-state index contributed by atoms with van der Waals surface area (Å²) < 4.78 is 41.0. The first-order valence-electron chi connectivity index (χ1n) is 9.10. The number of alkyl halides is 3. The molecule has 0 aromatic heterocycles. The fourth-order valence-corrected chi connectivity index (χ4v) is 3.97. The molecule has 172 valence electrons. The molecular weight excluding hydrogens is 529 g/mol. The van der Waals surface area contributed by atoms with Gasteiger partial charge in [-0.2, -0.15) is 13.2 Å². The van der Waals surface area contributed by atoms with Gasteiger partial charge in [0.15, 0.2) is 0 Å². The highest BCUT2D eigenvalue weighted by Crippen LogP contribution is 2.47. The van der Waals surface area contributed by atoms with Crippen LogP contribution < -0.4 is 0 Å². The number of benzene rings is 3. The monoisotopic (exact) mass is 536 g/mol. The van der Waals surface area contributed by atoms with Crippen molar-refractivity contribution in [2.45, 2.75) is 6.18 Å². The molecule has 0 N–H and O–H groups in total. The molecule has 4 rings (SSSR count). The third-order valence-corrected chi connectivity index (χ3v) is 5.49. The van der Waals surface area contributed by atoms with Gasteiger partial charge in [-0.05, 0) is 29.8 Å². The lowest BCUT2D eigenvalue weighted by Crippen LogP contribution is -2.07. The molecule has 0 unspecified atom stereocenters. The lowest BCUT2D eigenvalue weighted by Gasteiger charge is -2.11. The Bertz CT molecular complexity index is 1450. The predicted octanol–water partition coefficient (Wildman–Crippen LogP) is 6.34. The van der Waals surface area contributed by atoms with E-state index in [0.717, 1.165) is 30.3 Å². The van der Waals surface area contributed by atoms with Crippen molar-refractivity contribution in [3.05, 3.63) is 100 Å². The minimum Gasteiger partial charge on any atom is -0.258 e. The van der Waals surface area contributed by atoms with Crippen LogP contribution in [-0.2, 0) is 6.18 Å². The smallest absolute Gasteiger partial charge is 0.258 e. The maximum Gasteiger partial charge on any atom is 0.418 e. The zero-order valence-corrected chi connectivity index (χ0v) is 18.0. The summed E-state index contributed by atoms with van der Waals surface area (Å²) in [6.45, 7) is 0. The van der Waals surface area contributed by atoms with E-state index in [1.165, 1.54) is 12.1 Å². The molecular formula is C20H8BrF3N4O6. The summed E-state index contributed by atoms with van der Waals surface area (Å²) in [7, 11) is 0. The van der Waals surface area contributed by atoms with E-state index in [1.54, 1.807) is 0 Å². The Morgan fingerprint density at radius 3 is 2.00 bits per heavy atom. The highest BCUT2D eigenvalue weighted by molar-refractivity contribution is 9.10. The number of nitro groups is 3. The Hall–Kier alpha value is -4.20. The van der Waals surface area contributed by atoms with E-state index in [9.17, 15) is 43.5 Å². The lowest BCUT2D eigenvalue weighted by molar-refractivity contribution is -0.393. The summed E-state index contributed by atoms with van der Waals surface area (Å²) in [5.41, 5.74) is -4.15. The molecule has 1 aliphatic rings. The number of nitro benzene ring substituents is 3. The number of non-ortho nitro benzene ring substituents is 2. The summed E-state index contributed by atoms with van der Waals surface area (Å²) in [5.74, 6) is 0. The molecule has 3 aromatic rings. The van der Waals surface area contributed by atoms with Crippen molar-refractivity contribution in [2.75, 3.05) is 0 Å².